The van der Waals surface area contributed by atoms with Crippen molar-refractivity contribution in [2.24, 2.45) is 11.8 Å². The summed E-state index contributed by atoms with van der Waals surface area (Å²) < 4.78 is 0. The number of piperazine rings is 1. The fourth-order valence-corrected chi connectivity index (χ4v) is 3.75. The van der Waals surface area contributed by atoms with Crippen molar-refractivity contribution in [1.82, 2.24) is 15.5 Å². The first-order valence-electron chi connectivity index (χ1n) is 7.03. The number of rotatable bonds is 3. The molecule has 3 aliphatic rings. The van der Waals surface area contributed by atoms with Gasteiger partial charge in [0, 0.05) is 32.2 Å². The van der Waals surface area contributed by atoms with Gasteiger partial charge in [-0.05, 0) is 31.1 Å². The largest absolute Gasteiger partial charge is 0.352 e. The summed E-state index contributed by atoms with van der Waals surface area (Å²) in [6.07, 6.45) is 5.33. The molecule has 0 radical (unpaired) electrons. The van der Waals surface area contributed by atoms with E-state index in [-0.39, 0.29) is 5.91 Å². The Hall–Kier alpha value is -0.610. The Balaban J connectivity index is 1.44. The fraction of sp³-hybridized carbons (Fsp3) is 0.923. The van der Waals surface area contributed by atoms with Crippen LogP contribution < -0.4 is 10.6 Å². The van der Waals surface area contributed by atoms with Gasteiger partial charge in [-0.3, -0.25) is 9.69 Å². The number of carbonyl (C=O) groups is 1. The van der Waals surface area contributed by atoms with Crippen LogP contribution >= 0.6 is 0 Å². The minimum absolute atomic E-state index is 0.240. The van der Waals surface area contributed by atoms with Crippen LogP contribution in [0.1, 0.15) is 25.7 Å². The highest BCUT2D eigenvalue weighted by Gasteiger charge is 2.40. The van der Waals surface area contributed by atoms with Crippen LogP contribution in [0.15, 0.2) is 0 Å². The summed E-state index contributed by atoms with van der Waals surface area (Å²) in [6.45, 7) is 4.63. The maximum Gasteiger partial charge on any atom is 0.234 e. The SMILES string of the molecule is O=C(CN1CCNCC1)N[C@H]1C[C@@H]2CC[C@H]1C2. The Morgan fingerprint density at radius 2 is 2.06 bits per heavy atom. The molecule has 3 rings (SSSR count). The quantitative estimate of drug-likeness (QED) is 0.737. The Bertz CT molecular complexity index is 288. The van der Waals surface area contributed by atoms with Gasteiger partial charge in [0.15, 0.2) is 0 Å². The Morgan fingerprint density at radius 1 is 1.24 bits per heavy atom. The maximum atomic E-state index is 12.0. The van der Waals surface area contributed by atoms with Gasteiger partial charge >= 0.3 is 0 Å². The van der Waals surface area contributed by atoms with Gasteiger partial charge in [0.1, 0.15) is 0 Å². The van der Waals surface area contributed by atoms with Gasteiger partial charge in [-0.15, -0.1) is 0 Å². The zero-order valence-electron chi connectivity index (χ0n) is 10.5. The standard InChI is InChI=1S/C13H23N3O/c17-13(9-16-5-3-14-4-6-16)15-12-8-10-1-2-11(12)7-10/h10-12,14H,1-9H2,(H,15,17)/t10-,11+,12+/m1/s1. The first-order chi connectivity index (χ1) is 8.31. The van der Waals surface area contributed by atoms with E-state index in [4.69, 9.17) is 0 Å². The molecule has 0 unspecified atom stereocenters. The zero-order valence-corrected chi connectivity index (χ0v) is 10.5. The summed E-state index contributed by atoms with van der Waals surface area (Å²) in [7, 11) is 0. The molecule has 1 aliphatic heterocycles. The third-order valence-electron chi connectivity index (χ3n) is 4.66. The molecule has 1 heterocycles. The third-order valence-corrected chi connectivity index (χ3v) is 4.66. The molecule has 2 saturated carbocycles. The Labute approximate surface area is 103 Å². The summed E-state index contributed by atoms with van der Waals surface area (Å²) in [5.41, 5.74) is 0. The van der Waals surface area contributed by atoms with Crippen molar-refractivity contribution in [3.05, 3.63) is 0 Å². The molecule has 3 atom stereocenters. The average molecular weight is 237 g/mol. The second-order valence-electron chi connectivity index (χ2n) is 5.88. The van der Waals surface area contributed by atoms with E-state index >= 15 is 0 Å². The van der Waals surface area contributed by atoms with Gasteiger partial charge < -0.3 is 10.6 Å². The van der Waals surface area contributed by atoms with Gasteiger partial charge in [0.25, 0.3) is 0 Å². The summed E-state index contributed by atoms with van der Waals surface area (Å²) in [6, 6.07) is 0.490. The van der Waals surface area contributed by atoms with Crippen LogP contribution in [0.5, 0.6) is 0 Å². The van der Waals surface area contributed by atoms with E-state index in [9.17, 15) is 4.79 Å². The van der Waals surface area contributed by atoms with Crippen molar-refractivity contribution in [2.75, 3.05) is 32.7 Å². The Morgan fingerprint density at radius 3 is 2.71 bits per heavy atom. The van der Waals surface area contributed by atoms with E-state index in [1.54, 1.807) is 0 Å². The lowest BCUT2D eigenvalue weighted by Gasteiger charge is -2.28. The highest BCUT2D eigenvalue weighted by atomic mass is 16.2. The highest BCUT2D eigenvalue weighted by Crippen LogP contribution is 2.44. The van der Waals surface area contributed by atoms with E-state index in [1.807, 2.05) is 0 Å². The fourth-order valence-electron chi connectivity index (χ4n) is 3.75. The van der Waals surface area contributed by atoms with Gasteiger partial charge in [0.2, 0.25) is 5.91 Å². The normalized spacial score (nSPS) is 37.3. The summed E-state index contributed by atoms with van der Waals surface area (Å²) in [5.74, 6) is 1.93. The first-order valence-corrected chi connectivity index (χ1v) is 7.03. The summed E-state index contributed by atoms with van der Waals surface area (Å²) in [5, 5.41) is 6.57. The van der Waals surface area contributed by atoms with Crippen LogP contribution in [0.25, 0.3) is 0 Å². The minimum atomic E-state index is 0.240. The highest BCUT2D eigenvalue weighted by molar-refractivity contribution is 5.78. The van der Waals surface area contributed by atoms with Crippen LogP contribution in [-0.2, 0) is 4.79 Å². The number of amides is 1. The van der Waals surface area contributed by atoms with Crippen LogP contribution in [-0.4, -0.2) is 49.6 Å². The van der Waals surface area contributed by atoms with Crippen molar-refractivity contribution >= 4 is 5.91 Å². The zero-order chi connectivity index (χ0) is 11.7. The molecule has 2 aliphatic carbocycles. The van der Waals surface area contributed by atoms with Crippen molar-refractivity contribution in [1.29, 1.82) is 0 Å². The molecule has 4 heteroatoms. The van der Waals surface area contributed by atoms with Crippen LogP contribution in [0.2, 0.25) is 0 Å². The summed E-state index contributed by atoms with van der Waals surface area (Å²) in [4.78, 5) is 14.2. The lowest BCUT2D eigenvalue weighted by atomic mass is 9.95. The maximum absolute atomic E-state index is 12.0. The van der Waals surface area contributed by atoms with E-state index < -0.39 is 0 Å². The molecule has 1 amide bonds. The van der Waals surface area contributed by atoms with Gasteiger partial charge in [-0.25, -0.2) is 0 Å². The van der Waals surface area contributed by atoms with E-state index in [1.165, 1.54) is 25.7 Å². The van der Waals surface area contributed by atoms with Crippen LogP contribution in [0.3, 0.4) is 0 Å². The molecule has 2 N–H and O–H groups in total. The summed E-state index contributed by atoms with van der Waals surface area (Å²) >= 11 is 0. The molecular weight excluding hydrogens is 214 g/mol. The molecule has 17 heavy (non-hydrogen) atoms. The van der Waals surface area contributed by atoms with Crippen LogP contribution in [0, 0.1) is 11.8 Å². The second-order valence-corrected chi connectivity index (χ2v) is 5.88. The van der Waals surface area contributed by atoms with Crippen LogP contribution in [0.4, 0.5) is 0 Å². The first kappa shape index (κ1) is 11.5. The number of fused-ring (bicyclic) bond motifs is 2. The molecule has 0 spiro atoms. The van der Waals surface area contributed by atoms with Gasteiger partial charge in [-0.1, -0.05) is 6.42 Å². The predicted molar refractivity (Wildman–Crippen MR) is 66.7 cm³/mol. The topological polar surface area (TPSA) is 44.4 Å². The van der Waals surface area contributed by atoms with Crippen molar-refractivity contribution in [2.45, 2.75) is 31.7 Å². The number of carbonyl (C=O) groups excluding carboxylic acids is 1. The van der Waals surface area contributed by atoms with E-state index in [2.05, 4.69) is 15.5 Å². The molecule has 3 fully saturated rings. The van der Waals surface area contributed by atoms with Gasteiger partial charge in [-0.2, -0.15) is 0 Å². The number of nitrogens with one attached hydrogen (secondary N) is 2. The molecule has 96 valence electrons. The average Bonchev–Trinajstić information content (AvgIpc) is 2.92. The Kier molecular flexibility index (Phi) is 3.34. The van der Waals surface area contributed by atoms with Crippen molar-refractivity contribution in [3.63, 3.8) is 0 Å². The molecule has 0 aromatic carbocycles. The van der Waals surface area contributed by atoms with Crippen molar-refractivity contribution < 1.29 is 4.79 Å². The van der Waals surface area contributed by atoms with E-state index in [0.717, 1.165) is 38.0 Å². The molecule has 1 saturated heterocycles. The van der Waals surface area contributed by atoms with Crippen molar-refractivity contribution in [3.8, 4) is 0 Å². The van der Waals surface area contributed by atoms with Gasteiger partial charge in [0.05, 0.1) is 6.54 Å². The molecule has 4 nitrogen and oxygen atoms in total. The molecule has 2 bridgehead atoms. The third kappa shape index (κ3) is 2.63. The predicted octanol–water partition coefficient (Wildman–Crippen LogP) is 0.196. The number of nitrogens with zero attached hydrogens (tertiary/aromatic N) is 1. The lowest BCUT2D eigenvalue weighted by Crippen LogP contribution is -2.49. The van der Waals surface area contributed by atoms with E-state index in [0.29, 0.717) is 12.6 Å². The minimum Gasteiger partial charge on any atom is -0.352 e. The number of hydrogen-bond donors (Lipinski definition) is 2. The lowest BCUT2D eigenvalue weighted by molar-refractivity contribution is -0.123. The second kappa shape index (κ2) is 4.94. The molecular formula is C13H23N3O. The molecule has 0 aromatic rings. The smallest absolute Gasteiger partial charge is 0.234 e. The number of hydrogen-bond acceptors (Lipinski definition) is 3. The monoisotopic (exact) mass is 237 g/mol. The molecule has 0 aromatic heterocycles.